The molecule has 19 heavy (non-hydrogen) atoms. The lowest BCUT2D eigenvalue weighted by atomic mass is 10.1. The summed E-state index contributed by atoms with van der Waals surface area (Å²) in [5.41, 5.74) is 0.596. The number of rotatable bonds is 4. The maximum atomic E-state index is 11.4. The fourth-order valence-corrected chi connectivity index (χ4v) is 1.80. The van der Waals surface area contributed by atoms with Gasteiger partial charge < -0.3 is 13.9 Å². The fraction of sp³-hybridized carbons (Fsp3) is 0.308. The number of carbonyl (C=O) groups is 1. The molecule has 0 N–H and O–H groups in total. The van der Waals surface area contributed by atoms with Gasteiger partial charge >= 0.3 is 0 Å². The van der Waals surface area contributed by atoms with Crippen LogP contribution in [0.4, 0.5) is 0 Å². The molecule has 3 rings (SSSR count). The van der Waals surface area contributed by atoms with Crippen molar-refractivity contribution in [3.05, 3.63) is 35.5 Å². The first-order valence-electron chi connectivity index (χ1n) is 6.00. The molecule has 0 atom stereocenters. The minimum atomic E-state index is -0.00830. The summed E-state index contributed by atoms with van der Waals surface area (Å²) < 4.78 is 16.1. The molecule has 0 amide bonds. The molecule has 0 unspecified atom stereocenters. The van der Waals surface area contributed by atoms with E-state index in [0.717, 1.165) is 0 Å². The fourth-order valence-electron chi connectivity index (χ4n) is 1.80. The highest BCUT2D eigenvalue weighted by molar-refractivity contribution is 6.02. The van der Waals surface area contributed by atoms with Gasteiger partial charge in [-0.1, -0.05) is 6.92 Å². The van der Waals surface area contributed by atoms with Crippen LogP contribution in [0.2, 0.25) is 0 Å². The van der Waals surface area contributed by atoms with Crippen LogP contribution in [-0.2, 0) is 13.0 Å². The summed E-state index contributed by atoms with van der Waals surface area (Å²) in [7, 11) is 0. The first-order valence-corrected chi connectivity index (χ1v) is 6.00. The van der Waals surface area contributed by atoms with E-state index in [4.69, 9.17) is 13.9 Å². The quantitative estimate of drug-likeness (QED) is 0.834. The Kier molecular flexibility index (Phi) is 2.91. The van der Waals surface area contributed by atoms with Crippen molar-refractivity contribution >= 4 is 5.78 Å². The second kappa shape index (κ2) is 4.72. The molecular weight excluding hydrogens is 248 g/mol. The van der Waals surface area contributed by atoms with E-state index >= 15 is 0 Å². The molecule has 0 aliphatic carbocycles. The van der Waals surface area contributed by atoms with Crippen LogP contribution in [0.25, 0.3) is 0 Å². The molecule has 0 saturated heterocycles. The second-order valence-corrected chi connectivity index (χ2v) is 4.10. The zero-order chi connectivity index (χ0) is 13.2. The van der Waals surface area contributed by atoms with Crippen LogP contribution >= 0.6 is 0 Å². The van der Waals surface area contributed by atoms with E-state index in [2.05, 4.69) is 10.2 Å². The molecule has 2 aromatic rings. The first kappa shape index (κ1) is 11.7. The summed E-state index contributed by atoms with van der Waals surface area (Å²) in [4.78, 5) is 11.4. The number of Topliss-reactive ketones (excluding diaryl/α,β-unsaturated/α-hetero) is 1. The molecule has 2 heterocycles. The number of fused-ring (bicyclic) bond motifs is 1. The highest BCUT2D eigenvalue weighted by Gasteiger charge is 2.21. The largest absolute Gasteiger partial charge is 0.485 e. The Labute approximate surface area is 109 Å². The van der Waals surface area contributed by atoms with Gasteiger partial charge in [-0.25, -0.2) is 0 Å². The van der Waals surface area contributed by atoms with Gasteiger partial charge in [-0.05, 0) is 12.1 Å². The summed E-state index contributed by atoms with van der Waals surface area (Å²) in [6.07, 6.45) is 0.696. The van der Waals surface area contributed by atoms with Crippen LogP contribution in [0.5, 0.6) is 11.5 Å². The number of hydrogen-bond acceptors (Lipinski definition) is 6. The molecule has 0 bridgehead atoms. The van der Waals surface area contributed by atoms with Crippen molar-refractivity contribution in [2.75, 3.05) is 6.61 Å². The van der Waals surface area contributed by atoms with Crippen LogP contribution in [0.1, 0.15) is 29.1 Å². The normalized spacial score (nSPS) is 13.2. The number of ketones is 1. The zero-order valence-corrected chi connectivity index (χ0v) is 10.4. The van der Waals surface area contributed by atoms with Crippen LogP contribution in [-0.4, -0.2) is 22.6 Å². The molecule has 1 aromatic carbocycles. The smallest absolute Gasteiger partial charge is 0.253 e. The van der Waals surface area contributed by atoms with E-state index in [1.807, 2.05) is 6.92 Å². The van der Waals surface area contributed by atoms with Crippen molar-refractivity contribution in [1.29, 1.82) is 0 Å². The average Bonchev–Trinajstić information content (AvgIpc) is 3.03. The minimum absolute atomic E-state index is 0.00830. The van der Waals surface area contributed by atoms with Crippen molar-refractivity contribution in [2.45, 2.75) is 20.0 Å². The predicted octanol–water partition coefficient (Wildman–Crippen LogP) is 1.79. The molecule has 0 saturated carbocycles. The maximum Gasteiger partial charge on any atom is 0.253 e. The van der Waals surface area contributed by atoms with Gasteiger partial charge in [-0.15, -0.1) is 10.2 Å². The first-order chi connectivity index (χ1) is 9.26. The van der Waals surface area contributed by atoms with Gasteiger partial charge in [0.05, 0.1) is 5.56 Å². The lowest BCUT2D eigenvalue weighted by molar-refractivity contribution is 0.0961. The van der Waals surface area contributed by atoms with Crippen LogP contribution in [0, 0.1) is 0 Å². The van der Waals surface area contributed by atoms with Crippen LogP contribution in [0.3, 0.4) is 0 Å². The van der Waals surface area contributed by atoms with Crippen molar-refractivity contribution in [3.8, 4) is 11.5 Å². The molecule has 1 aromatic heterocycles. The lowest BCUT2D eigenvalue weighted by Crippen LogP contribution is -1.98. The van der Waals surface area contributed by atoms with E-state index in [0.29, 0.717) is 35.3 Å². The van der Waals surface area contributed by atoms with Crippen LogP contribution < -0.4 is 9.47 Å². The molecule has 6 heteroatoms. The predicted molar refractivity (Wildman–Crippen MR) is 64.3 cm³/mol. The maximum absolute atomic E-state index is 11.4. The number of benzene rings is 1. The van der Waals surface area contributed by atoms with E-state index in [-0.39, 0.29) is 19.0 Å². The number of ether oxygens (including phenoxy) is 2. The third kappa shape index (κ3) is 2.29. The Balaban J connectivity index is 1.69. The number of aryl methyl sites for hydroxylation is 1. The molecule has 1 aliphatic heterocycles. The Morgan fingerprint density at radius 2 is 2.16 bits per heavy atom. The van der Waals surface area contributed by atoms with E-state index in [1.165, 1.54) is 0 Å². The molecular formula is C13H12N2O4. The van der Waals surface area contributed by atoms with Gasteiger partial charge in [0.1, 0.15) is 11.5 Å². The van der Waals surface area contributed by atoms with Gasteiger partial charge in [-0.3, -0.25) is 4.79 Å². The van der Waals surface area contributed by atoms with Gasteiger partial charge in [0.2, 0.25) is 11.7 Å². The van der Waals surface area contributed by atoms with Gasteiger partial charge in [0.25, 0.3) is 5.89 Å². The summed E-state index contributed by atoms with van der Waals surface area (Å²) in [6, 6.07) is 5.12. The van der Waals surface area contributed by atoms with Gasteiger partial charge in [-0.2, -0.15) is 0 Å². The summed E-state index contributed by atoms with van der Waals surface area (Å²) in [5.74, 6) is 2.16. The Morgan fingerprint density at radius 1 is 1.32 bits per heavy atom. The minimum Gasteiger partial charge on any atom is -0.485 e. The van der Waals surface area contributed by atoms with Gasteiger partial charge in [0, 0.05) is 12.5 Å². The second-order valence-electron chi connectivity index (χ2n) is 4.10. The molecule has 0 fully saturated rings. The molecule has 0 spiro atoms. The summed E-state index contributed by atoms with van der Waals surface area (Å²) in [6.45, 7) is 2.23. The monoisotopic (exact) mass is 260 g/mol. The molecule has 1 aliphatic rings. The van der Waals surface area contributed by atoms with Crippen molar-refractivity contribution in [2.24, 2.45) is 0 Å². The number of aromatic nitrogens is 2. The van der Waals surface area contributed by atoms with E-state index in [9.17, 15) is 4.79 Å². The van der Waals surface area contributed by atoms with Gasteiger partial charge in [0.15, 0.2) is 13.2 Å². The highest BCUT2D eigenvalue weighted by atomic mass is 16.5. The average molecular weight is 260 g/mol. The summed E-state index contributed by atoms with van der Waals surface area (Å²) >= 11 is 0. The zero-order valence-electron chi connectivity index (χ0n) is 10.4. The number of carbonyl (C=O) groups excluding carboxylic acids is 1. The SMILES string of the molecule is CCc1nnc(COc2ccc3c(c2)OCC3=O)o1. The molecule has 98 valence electrons. The lowest BCUT2D eigenvalue weighted by Gasteiger charge is -2.04. The Bertz CT molecular complexity index is 621. The van der Waals surface area contributed by atoms with Crippen molar-refractivity contribution < 1.29 is 18.7 Å². The molecule has 0 radical (unpaired) electrons. The number of hydrogen-bond donors (Lipinski definition) is 0. The Morgan fingerprint density at radius 3 is 2.95 bits per heavy atom. The van der Waals surface area contributed by atoms with E-state index < -0.39 is 0 Å². The van der Waals surface area contributed by atoms with Crippen LogP contribution in [0.15, 0.2) is 22.6 Å². The third-order valence-electron chi connectivity index (χ3n) is 2.79. The van der Waals surface area contributed by atoms with E-state index in [1.54, 1.807) is 18.2 Å². The topological polar surface area (TPSA) is 74.5 Å². The highest BCUT2D eigenvalue weighted by Crippen LogP contribution is 2.29. The molecule has 6 nitrogen and oxygen atoms in total. The van der Waals surface area contributed by atoms with Crippen molar-refractivity contribution in [3.63, 3.8) is 0 Å². The summed E-state index contributed by atoms with van der Waals surface area (Å²) in [5, 5.41) is 7.71. The Hall–Kier alpha value is -2.37. The third-order valence-corrected chi connectivity index (χ3v) is 2.79. The number of nitrogens with zero attached hydrogens (tertiary/aromatic N) is 2. The standard InChI is InChI=1S/C13H12N2O4/c1-2-12-14-15-13(19-12)7-17-8-3-4-9-10(16)6-18-11(9)5-8/h3-5H,2,6-7H2,1H3. The van der Waals surface area contributed by atoms with Crippen molar-refractivity contribution in [1.82, 2.24) is 10.2 Å².